The Morgan fingerprint density at radius 2 is 1.58 bits per heavy atom. The van der Waals surface area contributed by atoms with Crippen LogP contribution in [0.4, 0.5) is 0 Å². The molecule has 0 radical (unpaired) electrons. The number of esters is 1. The summed E-state index contributed by atoms with van der Waals surface area (Å²) in [5.41, 5.74) is 0.920. The summed E-state index contributed by atoms with van der Waals surface area (Å²) in [6, 6.07) is 5.78. The molecule has 0 spiro atoms. The summed E-state index contributed by atoms with van der Waals surface area (Å²) < 4.78 is 15.2. The van der Waals surface area contributed by atoms with Crippen molar-refractivity contribution >= 4 is 5.97 Å². The van der Waals surface area contributed by atoms with E-state index in [4.69, 9.17) is 9.47 Å². The molecular weight excluding hydrogens is 244 g/mol. The maximum atomic E-state index is 11.3. The molecule has 0 saturated heterocycles. The highest BCUT2D eigenvalue weighted by Crippen LogP contribution is 2.34. The average molecular weight is 266 g/mol. The molecule has 0 saturated carbocycles. The van der Waals surface area contributed by atoms with Crippen LogP contribution in [-0.2, 0) is 14.9 Å². The van der Waals surface area contributed by atoms with Crippen molar-refractivity contribution in [1.29, 1.82) is 0 Å². The first-order valence-electron chi connectivity index (χ1n) is 6.23. The van der Waals surface area contributed by atoms with Gasteiger partial charge in [0, 0.05) is 12.5 Å². The van der Waals surface area contributed by atoms with Crippen LogP contribution < -0.4 is 9.47 Å². The third-order valence-electron chi connectivity index (χ3n) is 3.31. The highest BCUT2D eigenvalue weighted by Gasteiger charge is 2.23. The van der Waals surface area contributed by atoms with E-state index < -0.39 is 0 Å². The standard InChI is InChI=1S/C15H22O4/c1-15(2,7-6-14(16)19-5)11-8-12(17-3)10-13(9-11)18-4/h8-10H,6-7H2,1-5H3. The number of hydrogen-bond donors (Lipinski definition) is 0. The van der Waals surface area contributed by atoms with Crippen molar-refractivity contribution in [2.24, 2.45) is 0 Å². The lowest BCUT2D eigenvalue weighted by atomic mass is 9.80. The Bertz CT molecular complexity index is 416. The van der Waals surface area contributed by atoms with E-state index in [1.165, 1.54) is 7.11 Å². The zero-order valence-electron chi connectivity index (χ0n) is 12.3. The molecule has 0 aliphatic carbocycles. The molecule has 0 aromatic heterocycles. The number of carbonyl (C=O) groups excluding carboxylic acids is 1. The summed E-state index contributed by atoms with van der Waals surface area (Å²) in [5.74, 6) is 1.31. The summed E-state index contributed by atoms with van der Waals surface area (Å²) in [6.45, 7) is 4.17. The molecule has 0 N–H and O–H groups in total. The van der Waals surface area contributed by atoms with Crippen LogP contribution in [0.1, 0.15) is 32.3 Å². The van der Waals surface area contributed by atoms with E-state index in [2.05, 4.69) is 18.6 Å². The van der Waals surface area contributed by atoms with Crippen LogP contribution in [0.2, 0.25) is 0 Å². The van der Waals surface area contributed by atoms with E-state index in [1.807, 2.05) is 18.2 Å². The first-order valence-corrected chi connectivity index (χ1v) is 6.23. The van der Waals surface area contributed by atoms with E-state index >= 15 is 0 Å². The third kappa shape index (κ3) is 4.16. The molecule has 0 aliphatic heterocycles. The number of carbonyl (C=O) groups is 1. The monoisotopic (exact) mass is 266 g/mol. The Hall–Kier alpha value is -1.71. The molecular formula is C15H22O4. The van der Waals surface area contributed by atoms with Crippen molar-refractivity contribution in [3.8, 4) is 11.5 Å². The van der Waals surface area contributed by atoms with Crippen LogP contribution in [0, 0.1) is 0 Å². The van der Waals surface area contributed by atoms with Crippen molar-refractivity contribution in [1.82, 2.24) is 0 Å². The zero-order chi connectivity index (χ0) is 14.5. The quantitative estimate of drug-likeness (QED) is 0.743. The summed E-state index contributed by atoms with van der Waals surface area (Å²) in [4.78, 5) is 11.3. The molecule has 1 rings (SSSR count). The van der Waals surface area contributed by atoms with Gasteiger partial charge in [-0.3, -0.25) is 4.79 Å². The Balaban J connectivity index is 2.95. The van der Waals surface area contributed by atoms with Crippen LogP contribution in [0.15, 0.2) is 18.2 Å². The van der Waals surface area contributed by atoms with E-state index in [0.717, 1.165) is 17.1 Å². The molecule has 0 aliphatic rings. The molecule has 0 unspecified atom stereocenters. The maximum absolute atomic E-state index is 11.3. The molecule has 0 bridgehead atoms. The number of rotatable bonds is 6. The summed E-state index contributed by atoms with van der Waals surface area (Å²) >= 11 is 0. The summed E-state index contributed by atoms with van der Waals surface area (Å²) in [7, 11) is 4.66. The van der Waals surface area contributed by atoms with Crippen LogP contribution in [-0.4, -0.2) is 27.3 Å². The highest BCUT2D eigenvalue weighted by atomic mass is 16.5. The van der Waals surface area contributed by atoms with Gasteiger partial charge in [0.25, 0.3) is 0 Å². The molecule has 0 fully saturated rings. The molecule has 1 aromatic carbocycles. The van der Waals surface area contributed by atoms with Gasteiger partial charge in [0.15, 0.2) is 0 Å². The lowest BCUT2D eigenvalue weighted by Crippen LogP contribution is -2.19. The first-order chi connectivity index (χ1) is 8.92. The largest absolute Gasteiger partial charge is 0.497 e. The normalized spacial score (nSPS) is 11.0. The Morgan fingerprint density at radius 3 is 2.00 bits per heavy atom. The van der Waals surface area contributed by atoms with Crippen molar-refractivity contribution in [3.05, 3.63) is 23.8 Å². The predicted molar refractivity (Wildman–Crippen MR) is 73.8 cm³/mol. The van der Waals surface area contributed by atoms with Gasteiger partial charge in [-0.2, -0.15) is 0 Å². The average Bonchev–Trinajstić information content (AvgIpc) is 2.43. The molecule has 1 aromatic rings. The number of benzene rings is 1. The summed E-state index contributed by atoms with van der Waals surface area (Å²) in [6.07, 6.45) is 1.10. The van der Waals surface area contributed by atoms with Gasteiger partial charge in [0.05, 0.1) is 21.3 Å². The topological polar surface area (TPSA) is 44.8 Å². The van der Waals surface area contributed by atoms with Crippen molar-refractivity contribution in [2.45, 2.75) is 32.1 Å². The van der Waals surface area contributed by atoms with Gasteiger partial charge in [0.1, 0.15) is 11.5 Å². The summed E-state index contributed by atoms with van der Waals surface area (Å²) in [5, 5.41) is 0. The number of ether oxygens (including phenoxy) is 3. The minimum absolute atomic E-state index is 0.157. The molecule has 19 heavy (non-hydrogen) atoms. The molecule has 4 heteroatoms. The second-order valence-electron chi connectivity index (χ2n) is 5.06. The first kappa shape index (κ1) is 15.3. The molecule has 0 atom stereocenters. The van der Waals surface area contributed by atoms with Crippen LogP contribution in [0.3, 0.4) is 0 Å². The van der Waals surface area contributed by atoms with Crippen LogP contribution >= 0.6 is 0 Å². The van der Waals surface area contributed by atoms with Gasteiger partial charge in [-0.05, 0) is 29.5 Å². The third-order valence-corrected chi connectivity index (χ3v) is 3.31. The highest BCUT2D eigenvalue weighted by molar-refractivity contribution is 5.69. The van der Waals surface area contributed by atoms with E-state index in [9.17, 15) is 4.79 Å². The molecule has 4 nitrogen and oxygen atoms in total. The van der Waals surface area contributed by atoms with Crippen molar-refractivity contribution in [2.75, 3.05) is 21.3 Å². The van der Waals surface area contributed by atoms with Crippen LogP contribution in [0.25, 0.3) is 0 Å². The minimum atomic E-state index is -0.192. The fourth-order valence-corrected chi connectivity index (χ4v) is 1.86. The number of methoxy groups -OCH3 is 3. The lowest BCUT2D eigenvalue weighted by Gasteiger charge is -2.25. The predicted octanol–water partition coefficient (Wildman–Crippen LogP) is 2.93. The Labute approximate surface area is 114 Å². The Morgan fingerprint density at radius 1 is 1.05 bits per heavy atom. The van der Waals surface area contributed by atoms with Gasteiger partial charge in [-0.25, -0.2) is 0 Å². The van der Waals surface area contributed by atoms with Gasteiger partial charge in [-0.15, -0.1) is 0 Å². The maximum Gasteiger partial charge on any atom is 0.305 e. The van der Waals surface area contributed by atoms with Crippen LogP contribution in [0.5, 0.6) is 11.5 Å². The van der Waals surface area contributed by atoms with E-state index in [-0.39, 0.29) is 11.4 Å². The smallest absolute Gasteiger partial charge is 0.305 e. The minimum Gasteiger partial charge on any atom is -0.497 e. The van der Waals surface area contributed by atoms with E-state index in [1.54, 1.807) is 14.2 Å². The Kier molecular flexibility index (Phi) is 5.21. The molecule has 106 valence electrons. The lowest BCUT2D eigenvalue weighted by molar-refractivity contribution is -0.141. The van der Waals surface area contributed by atoms with Crippen molar-refractivity contribution < 1.29 is 19.0 Å². The fourth-order valence-electron chi connectivity index (χ4n) is 1.86. The van der Waals surface area contributed by atoms with Gasteiger partial charge < -0.3 is 14.2 Å². The van der Waals surface area contributed by atoms with Gasteiger partial charge in [-0.1, -0.05) is 13.8 Å². The molecule has 0 amide bonds. The van der Waals surface area contributed by atoms with Gasteiger partial charge in [0.2, 0.25) is 0 Å². The second-order valence-corrected chi connectivity index (χ2v) is 5.06. The SMILES string of the molecule is COC(=O)CCC(C)(C)c1cc(OC)cc(OC)c1. The van der Waals surface area contributed by atoms with Gasteiger partial charge >= 0.3 is 5.97 Å². The zero-order valence-corrected chi connectivity index (χ0v) is 12.3. The number of hydrogen-bond acceptors (Lipinski definition) is 4. The fraction of sp³-hybridized carbons (Fsp3) is 0.533. The second kappa shape index (κ2) is 6.45. The van der Waals surface area contributed by atoms with E-state index in [0.29, 0.717) is 12.8 Å². The van der Waals surface area contributed by atoms with Crippen molar-refractivity contribution in [3.63, 3.8) is 0 Å². The molecule has 0 heterocycles.